The molecule has 2 aliphatic heterocycles. The van der Waals surface area contributed by atoms with Crippen LogP contribution in [-0.2, 0) is 10.2 Å². The lowest BCUT2D eigenvalue weighted by Gasteiger charge is -2.40. The van der Waals surface area contributed by atoms with Gasteiger partial charge in [-0.15, -0.1) is 0 Å². The fourth-order valence-electron chi connectivity index (χ4n) is 3.90. The van der Waals surface area contributed by atoms with Crippen LogP contribution in [0.25, 0.3) is 0 Å². The highest BCUT2D eigenvalue weighted by molar-refractivity contribution is 5.69. The van der Waals surface area contributed by atoms with Crippen molar-refractivity contribution in [2.75, 3.05) is 31.6 Å². The number of rotatable bonds is 0. The number of likely N-dealkylation sites (N-methyl/N-ethyl adjacent to an activating group) is 1. The number of amides is 1. The van der Waals surface area contributed by atoms with Crippen LogP contribution in [-0.4, -0.2) is 43.3 Å². The number of hydrogen-bond donors (Lipinski definition) is 0. The number of carbonyl (C=O) groups is 1. The SMILES string of the molecule is Cc1ccc2c(c1)C1(CCN(C(=O)OC(C)(C)C)CC1)CN2C. The van der Waals surface area contributed by atoms with Gasteiger partial charge in [-0.2, -0.15) is 0 Å². The number of fused-ring (bicyclic) bond motifs is 2. The van der Waals surface area contributed by atoms with Gasteiger partial charge >= 0.3 is 6.09 Å². The fourth-order valence-corrected chi connectivity index (χ4v) is 3.90. The summed E-state index contributed by atoms with van der Waals surface area (Å²) in [6, 6.07) is 6.76. The lowest BCUT2D eigenvalue weighted by Crippen LogP contribution is -2.48. The third-order valence-electron chi connectivity index (χ3n) is 5.05. The van der Waals surface area contributed by atoms with E-state index in [0.29, 0.717) is 0 Å². The maximum atomic E-state index is 12.3. The van der Waals surface area contributed by atoms with Gasteiger partial charge in [0.2, 0.25) is 0 Å². The molecule has 0 atom stereocenters. The molecule has 1 aromatic rings. The van der Waals surface area contributed by atoms with Crippen molar-refractivity contribution < 1.29 is 9.53 Å². The van der Waals surface area contributed by atoms with Crippen molar-refractivity contribution in [2.45, 2.75) is 51.6 Å². The molecule has 0 aromatic heterocycles. The average Bonchev–Trinajstić information content (AvgIpc) is 2.70. The Morgan fingerprint density at radius 2 is 1.87 bits per heavy atom. The largest absolute Gasteiger partial charge is 0.444 e. The van der Waals surface area contributed by atoms with Crippen molar-refractivity contribution in [1.82, 2.24) is 4.90 Å². The summed E-state index contributed by atoms with van der Waals surface area (Å²) in [4.78, 5) is 16.5. The maximum absolute atomic E-state index is 12.3. The van der Waals surface area contributed by atoms with E-state index in [-0.39, 0.29) is 11.5 Å². The summed E-state index contributed by atoms with van der Waals surface area (Å²) in [5.41, 5.74) is 3.89. The van der Waals surface area contributed by atoms with Crippen LogP contribution in [0.5, 0.6) is 0 Å². The molecular weight excluding hydrogens is 288 g/mol. The first kappa shape index (κ1) is 16.2. The molecule has 0 radical (unpaired) electrons. The van der Waals surface area contributed by atoms with E-state index in [4.69, 9.17) is 4.74 Å². The number of piperidine rings is 1. The van der Waals surface area contributed by atoms with Crippen molar-refractivity contribution in [3.63, 3.8) is 0 Å². The molecule has 2 heterocycles. The molecule has 1 spiro atoms. The minimum absolute atomic E-state index is 0.178. The Morgan fingerprint density at radius 3 is 2.48 bits per heavy atom. The molecule has 3 rings (SSSR count). The monoisotopic (exact) mass is 316 g/mol. The second-order valence-corrected chi connectivity index (χ2v) is 8.12. The zero-order valence-corrected chi connectivity index (χ0v) is 15.0. The molecule has 1 amide bonds. The van der Waals surface area contributed by atoms with E-state index in [1.807, 2.05) is 25.7 Å². The highest BCUT2D eigenvalue weighted by Gasteiger charge is 2.44. The number of nitrogens with zero attached hydrogens (tertiary/aromatic N) is 2. The minimum atomic E-state index is -0.427. The quantitative estimate of drug-likeness (QED) is 0.731. The lowest BCUT2D eigenvalue weighted by atomic mass is 9.74. The van der Waals surface area contributed by atoms with Crippen LogP contribution in [0.4, 0.5) is 10.5 Å². The smallest absolute Gasteiger partial charge is 0.410 e. The second kappa shape index (κ2) is 5.43. The molecule has 0 saturated carbocycles. The third-order valence-corrected chi connectivity index (χ3v) is 5.05. The van der Waals surface area contributed by atoms with Gasteiger partial charge in [0.05, 0.1) is 0 Å². The summed E-state index contributed by atoms with van der Waals surface area (Å²) in [6.07, 6.45) is 1.84. The molecule has 126 valence electrons. The first-order valence-electron chi connectivity index (χ1n) is 8.50. The van der Waals surface area contributed by atoms with Gasteiger partial charge in [0.25, 0.3) is 0 Å². The number of hydrogen-bond acceptors (Lipinski definition) is 3. The Hall–Kier alpha value is -1.71. The van der Waals surface area contributed by atoms with E-state index in [2.05, 4.69) is 37.1 Å². The molecule has 4 heteroatoms. The normalized spacial score (nSPS) is 19.9. The van der Waals surface area contributed by atoms with E-state index >= 15 is 0 Å². The molecule has 0 N–H and O–H groups in total. The molecule has 1 saturated heterocycles. The van der Waals surface area contributed by atoms with Crippen LogP contribution in [0, 0.1) is 6.92 Å². The zero-order valence-electron chi connectivity index (χ0n) is 15.0. The van der Waals surface area contributed by atoms with Crippen molar-refractivity contribution in [1.29, 1.82) is 0 Å². The zero-order chi connectivity index (χ0) is 16.8. The van der Waals surface area contributed by atoms with Gasteiger partial charge in [-0.3, -0.25) is 0 Å². The van der Waals surface area contributed by atoms with E-state index in [9.17, 15) is 4.79 Å². The van der Waals surface area contributed by atoms with E-state index in [1.165, 1.54) is 16.8 Å². The van der Waals surface area contributed by atoms with Gasteiger partial charge in [-0.1, -0.05) is 17.7 Å². The van der Waals surface area contributed by atoms with Gasteiger partial charge in [0, 0.05) is 37.8 Å². The number of ether oxygens (including phenoxy) is 1. The second-order valence-electron chi connectivity index (χ2n) is 8.12. The first-order chi connectivity index (χ1) is 10.7. The van der Waals surface area contributed by atoms with Crippen LogP contribution < -0.4 is 4.90 Å². The van der Waals surface area contributed by atoms with Gasteiger partial charge in [0.1, 0.15) is 5.60 Å². The van der Waals surface area contributed by atoms with Gasteiger partial charge < -0.3 is 14.5 Å². The van der Waals surface area contributed by atoms with Crippen LogP contribution in [0.15, 0.2) is 18.2 Å². The Kier molecular flexibility index (Phi) is 3.81. The van der Waals surface area contributed by atoms with E-state index in [0.717, 1.165) is 32.5 Å². The van der Waals surface area contributed by atoms with Crippen LogP contribution in [0.2, 0.25) is 0 Å². The van der Waals surface area contributed by atoms with Gasteiger partial charge in [0.15, 0.2) is 0 Å². The summed E-state index contributed by atoms with van der Waals surface area (Å²) < 4.78 is 5.51. The van der Waals surface area contributed by atoms with Gasteiger partial charge in [-0.25, -0.2) is 4.79 Å². The standard InChI is InChI=1S/C19H28N2O2/c1-14-6-7-16-15(12-14)19(13-20(16)5)8-10-21(11-9-19)17(22)23-18(2,3)4/h6-7,12H,8-11,13H2,1-5H3. The van der Waals surface area contributed by atoms with Crippen molar-refractivity contribution in [3.8, 4) is 0 Å². The Balaban J connectivity index is 1.75. The Morgan fingerprint density at radius 1 is 1.22 bits per heavy atom. The molecule has 1 aromatic carbocycles. The first-order valence-corrected chi connectivity index (χ1v) is 8.50. The van der Waals surface area contributed by atoms with Crippen LogP contribution in [0.3, 0.4) is 0 Å². The predicted octanol–water partition coefficient (Wildman–Crippen LogP) is 3.71. The topological polar surface area (TPSA) is 32.8 Å². The third kappa shape index (κ3) is 3.04. The Bertz CT molecular complexity index is 610. The summed E-state index contributed by atoms with van der Waals surface area (Å²) in [7, 11) is 2.17. The number of benzene rings is 1. The van der Waals surface area contributed by atoms with Crippen LogP contribution >= 0.6 is 0 Å². The lowest BCUT2D eigenvalue weighted by molar-refractivity contribution is 0.0171. The fraction of sp³-hybridized carbons (Fsp3) is 0.632. The van der Waals surface area contributed by atoms with Crippen molar-refractivity contribution in [3.05, 3.63) is 29.3 Å². The van der Waals surface area contributed by atoms with Crippen molar-refractivity contribution in [2.24, 2.45) is 0 Å². The summed E-state index contributed by atoms with van der Waals surface area (Å²) >= 11 is 0. The molecule has 2 aliphatic rings. The van der Waals surface area contributed by atoms with E-state index < -0.39 is 5.60 Å². The average molecular weight is 316 g/mol. The number of aryl methyl sites for hydroxylation is 1. The molecule has 0 bridgehead atoms. The maximum Gasteiger partial charge on any atom is 0.410 e. The minimum Gasteiger partial charge on any atom is -0.444 e. The highest BCUT2D eigenvalue weighted by atomic mass is 16.6. The molecule has 0 aliphatic carbocycles. The number of anilines is 1. The van der Waals surface area contributed by atoms with Gasteiger partial charge in [-0.05, 0) is 52.2 Å². The molecule has 0 unspecified atom stereocenters. The highest BCUT2D eigenvalue weighted by Crippen LogP contribution is 2.46. The number of likely N-dealkylation sites (tertiary alicyclic amines) is 1. The summed E-state index contributed by atoms with van der Waals surface area (Å²) in [5.74, 6) is 0. The molecular formula is C19H28N2O2. The van der Waals surface area contributed by atoms with Crippen molar-refractivity contribution >= 4 is 11.8 Å². The molecule has 23 heavy (non-hydrogen) atoms. The Labute approximate surface area is 139 Å². The van der Waals surface area contributed by atoms with Crippen LogP contribution in [0.1, 0.15) is 44.7 Å². The van der Waals surface area contributed by atoms with E-state index in [1.54, 1.807) is 0 Å². The summed E-state index contributed by atoms with van der Waals surface area (Å²) in [5, 5.41) is 0. The molecule has 4 nitrogen and oxygen atoms in total. The number of carbonyl (C=O) groups excluding carboxylic acids is 1. The summed E-state index contributed by atoms with van der Waals surface area (Å²) in [6.45, 7) is 10.5. The molecule has 1 fully saturated rings. The predicted molar refractivity (Wildman–Crippen MR) is 93.2 cm³/mol.